The normalized spacial score (nSPS) is 11.6. The molecule has 2 unspecified atom stereocenters. The highest BCUT2D eigenvalue weighted by molar-refractivity contribution is 5.89. The summed E-state index contributed by atoms with van der Waals surface area (Å²) < 4.78 is 8.73. The van der Waals surface area contributed by atoms with Crippen molar-refractivity contribution in [1.29, 1.82) is 0 Å². The van der Waals surface area contributed by atoms with E-state index in [2.05, 4.69) is 20.1 Å². The molecule has 0 aromatic rings. The third-order valence-corrected chi connectivity index (χ3v) is 3.54. The third-order valence-electron chi connectivity index (χ3n) is 3.54. The average molecular weight is 402 g/mol. The SMILES string of the molecule is COC(=O)CCC(=O)NC(C)C(C)=O.COC(=O)CCC(=O)NC(C)C(C)=O. The highest BCUT2D eigenvalue weighted by Crippen LogP contribution is 1.94. The second-order valence-electron chi connectivity index (χ2n) is 5.95. The number of esters is 2. The number of hydrogen-bond acceptors (Lipinski definition) is 8. The van der Waals surface area contributed by atoms with Crippen LogP contribution in [0.1, 0.15) is 53.4 Å². The van der Waals surface area contributed by atoms with E-state index in [0.717, 1.165) is 0 Å². The molecule has 0 radical (unpaired) electrons. The van der Waals surface area contributed by atoms with Gasteiger partial charge in [-0.2, -0.15) is 0 Å². The molecule has 0 saturated heterocycles. The van der Waals surface area contributed by atoms with Gasteiger partial charge in [-0.15, -0.1) is 0 Å². The van der Waals surface area contributed by atoms with Crippen LogP contribution >= 0.6 is 0 Å². The van der Waals surface area contributed by atoms with Crippen molar-refractivity contribution >= 4 is 35.3 Å². The maximum Gasteiger partial charge on any atom is 0.306 e. The zero-order chi connectivity index (χ0) is 22.3. The van der Waals surface area contributed by atoms with Crippen LogP contribution in [0.4, 0.5) is 0 Å². The number of methoxy groups -OCH3 is 2. The Morgan fingerprint density at radius 2 is 0.929 bits per heavy atom. The molecule has 0 saturated carbocycles. The first kappa shape index (κ1) is 27.4. The van der Waals surface area contributed by atoms with Gasteiger partial charge in [0.1, 0.15) is 0 Å². The fourth-order valence-corrected chi connectivity index (χ4v) is 1.47. The van der Waals surface area contributed by atoms with Gasteiger partial charge in [0.05, 0.1) is 39.1 Å². The highest BCUT2D eigenvalue weighted by Gasteiger charge is 2.13. The van der Waals surface area contributed by atoms with Gasteiger partial charge in [0, 0.05) is 12.8 Å². The van der Waals surface area contributed by atoms with Crippen LogP contribution < -0.4 is 10.6 Å². The minimum absolute atomic E-state index is 0.0347. The topological polar surface area (TPSA) is 145 Å². The number of carbonyl (C=O) groups is 6. The van der Waals surface area contributed by atoms with Crippen molar-refractivity contribution in [2.75, 3.05) is 14.2 Å². The largest absolute Gasteiger partial charge is 0.469 e. The molecule has 0 aliphatic heterocycles. The Morgan fingerprint density at radius 3 is 1.14 bits per heavy atom. The van der Waals surface area contributed by atoms with Crippen LogP contribution in [0, 0.1) is 0 Å². The summed E-state index contributed by atoms with van der Waals surface area (Å²) in [6, 6.07) is -1.000. The van der Waals surface area contributed by atoms with E-state index in [4.69, 9.17) is 0 Å². The molecule has 0 rings (SSSR count). The van der Waals surface area contributed by atoms with E-state index in [1.807, 2.05) is 0 Å². The second-order valence-corrected chi connectivity index (χ2v) is 5.95. The molecule has 0 fully saturated rings. The molecule has 0 heterocycles. The van der Waals surface area contributed by atoms with Crippen molar-refractivity contribution in [2.24, 2.45) is 0 Å². The first-order valence-electron chi connectivity index (χ1n) is 8.67. The average Bonchev–Trinajstić information content (AvgIpc) is 2.64. The predicted octanol–water partition coefficient (Wildman–Crippen LogP) is 0.0666. The minimum Gasteiger partial charge on any atom is -0.469 e. The first-order valence-corrected chi connectivity index (χ1v) is 8.67. The molecule has 0 aromatic heterocycles. The van der Waals surface area contributed by atoms with Crippen molar-refractivity contribution in [3.05, 3.63) is 0 Å². The van der Waals surface area contributed by atoms with Gasteiger partial charge in [-0.1, -0.05) is 0 Å². The lowest BCUT2D eigenvalue weighted by Gasteiger charge is -2.09. The van der Waals surface area contributed by atoms with Gasteiger partial charge in [0.2, 0.25) is 11.8 Å². The lowest BCUT2D eigenvalue weighted by atomic mass is 10.2. The second kappa shape index (κ2) is 15.3. The Kier molecular flexibility index (Phi) is 15.0. The summed E-state index contributed by atoms with van der Waals surface area (Å²) in [5.74, 6) is -1.74. The molecule has 0 aromatic carbocycles. The maximum absolute atomic E-state index is 11.1. The van der Waals surface area contributed by atoms with Crippen LogP contribution in [0.5, 0.6) is 0 Å². The van der Waals surface area contributed by atoms with Gasteiger partial charge in [-0.05, 0) is 27.7 Å². The molecular weight excluding hydrogens is 372 g/mol. The van der Waals surface area contributed by atoms with Crippen molar-refractivity contribution in [3.8, 4) is 0 Å². The summed E-state index contributed by atoms with van der Waals surface area (Å²) in [6.07, 6.45) is 0.161. The minimum atomic E-state index is -0.500. The number of ether oxygens (including phenoxy) is 2. The quantitative estimate of drug-likeness (QED) is 0.488. The van der Waals surface area contributed by atoms with E-state index < -0.39 is 24.0 Å². The lowest BCUT2D eigenvalue weighted by Crippen LogP contribution is -2.37. The van der Waals surface area contributed by atoms with Crippen molar-refractivity contribution in [1.82, 2.24) is 10.6 Å². The van der Waals surface area contributed by atoms with Crippen molar-refractivity contribution in [3.63, 3.8) is 0 Å². The number of hydrogen-bond donors (Lipinski definition) is 2. The summed E-state index contributed by atoms with van der Waals surface area (Å²) in [4.78, 5) is 65.1. The van der Waals surface area contributed by atoms with E-state index in [-0.39, 0.29) is 49.1 Å². The number of rotatable bonds is 10. The van der Waals surface area contributed by atoms with Crippen LogP contribution in [-0.4, -0.2) is 61.6 Å². The number of carbonyl (C=O) groups excluding carboxylic acids is 6. The van der Waals surface area contributed by atoms with Gasteiger partial charge in [-0.3, -0.25) is 28.8 Å². The van der Waals surface area contributed by atoms with Gasteiger partial charge in [0.25, 0.3) is 0 Å². The van der Waals surface area contributed by atoms with E-state index in [9.17, 15) is 28.8 Å². The number of amides is 2. The first-order chi connectivity index (χ1) is 12.9. The Hall–Kier alpha value is -2.78. The fourth-order valence-electron chi connectivity index (χ4n) is 1.47. The molecule has 0 aliphatic carbocycles. The third kappa shape index (κ3) is 15.5. The zero-order valence-electron chi connectivity index (χ0n) is 17.2. The van der Waals surface area contributed by atoms with Gasteiger partial charge in [-0.25, -0.2) is 0 Å². The van der Waals surface area contributed by atoms with Gasteiger partial charge >= 0.3 is 11.9 Å². The van der Waals surface area contributed by atoms with Gasteiger partial charge < -0.3 is 20.1 Å². The Morgan fingerprint density at radius 1 is 0.643 bits per heavy atom. The van der Waals surface area contributed by atoms with Crippen LogP contribution in [0.2, 0.25) is 0 Å². The summed E-state index contributed by atoms with van der Waals surface area (Å²) in [5, 5.41) is 4.93. The Bertz CT molecular complexity index is 524. The molecular formula is C18H30N2O8. The predicted molar refractivity (Wildman–Crippen MR) is 99.1 cm³/mol. The fraction of sp³-hybridized carbons (Fsp3) is 0.667. The molecule has 0 spiro atoms. The van der Waals surface area contributed by atoms with E-state index in [0.29, 0.717) is 0 Å². The van der Waals surface area contributed by atoms with Crippen LogP contribution in [0.3, 0.4) is 0 Å². The zero-order valence-corrected chi connectivity index (χ0v) is 17.2. The standard InChI is InChI=1S/2C9H15NO4/c2*1-6(7(2)11)10-8(12)4-5-9(13)14-3/h2*6H,4-5H2,1-3H3,(H,10,12). The molecule has 10 nitrogen and oxygen atoms in total. The van der Waals surface area contributed by atoms with Crippen LogP contribution in [-0.2, 0) is 38.2 Å². The molecule has 28 heavy (non-hydrogen) atoms. The molecule has 160 valence electrons. The van der Waals surface area contributed by atoms with Crippen molar-refractivity contribution in [2.45, 2.75) is 65.5 Å². The van der Waals surface area contributed by atoms with Crippen molar-refractivity contribution < 1.29 is 38.2 Å². The molecule has 2 atom stereocenters. The number of nitrogens with one attached hydrogen (secondary N) is 2. The Labute approximate surface area is 164 Å². The maximum atomic E-state index is 11.1. The number of Topliss-reactive ketones (excluding diaryl/α,β-unsaturated/α-hetero) is 2. The molecule has 0 aliphatic rings. The molecule has 2 amide bonds. The highest BCUT2D eigenvalue weighted by atomic mass is 16.5. The van der Waals surface area contributed by atoms with E-state index >= 15 is 0 Å². The smallest absolute Gasteiger partial charge is 0.306 e. The summed E-state index contributed by atoms with van der Waals surface area (Å²) >= 11 is 0. The lowest BCUT2D eigenvalue weighted by molar-refractivity contribution is -0.142. The molecule has 10 heteroatoms. The summed E-state index contributed by atoms with van der Waals surface area (Å²) in [7, 11) is 2.52. The van der Waals surface area contributed by atoms with Crippen LogP contribution in [0.25, 0.3) is 0 Å². The Balaban J connectivity index is 0. The van der Waals surface area contributed by atoms with Crippen LogP contribution in [0.15, 0.2) is 0 Å². The van der Waals surface area contributed by atoms with E-state index in [1.54, 1.807) is 13.8 Å². The summed E-state index contributed by atoms with van der Waals surface area (Å²) in [6.45, 7) is 5.98. The van der Waals surface area contributed by atoms with E-state index in [1.165, 1.54) is 28.1 Å². The monoisotopic (exact) mass is 402 g/mol. The summed E-state index contributed by atoms with van der Waals surface area (Å²) in [5.41, 5.74) is 0. The molecule has 2 N–H and O–H groups in total. The van der Waals surface area contributed by atoms with Gasteiger partial charge in [0.15, 0.2) is 11.6 Å². The number of ketones is 2. The molecule has 0 bridgehead atoms.